The molecule has 0 unspecified atom stereocenters. The van der Waals surface area contributed by atoms with Crippen LogP contribution >= 0.6 is 0 Å². The van der Waals surface area contributed by atoms with Crippen LogP contribution in [0.25, 0.3) is 0 Å². The van der Waals surface area contributed by atoms with Crippen LogP contribution in [0.15, 0.2) is 29.4 Å². The fraction of sp³-hybridized carbons (Fsp3) is 0.357. The van der Waals surface area contributed by atoms with Crippen molar-refractivity contribution in [1.82, 2.24) is 4.90 Å². The van der Waals surface area contributed by atoms with Crippen LogP contribution in [0, 0.1) is 11.3 Å². The third-order valence-corrected chi connectivity index (χ3v) is 3.21. The molecule has 0 bridgehead atoms. The van der Waals surface area contributed by atoms with Crippen molar-refractivity contribution >= 4 is 12.6 Å². The van der Waals surface area contributed by atoms with Gasteiger partial charge in [-0.1, -0.05) is 0 Å². The molecule has 0 aliphatic carbocycles. The van der Waals surface area contributed by atoms with Crippen molar-refractivity contribution in [2.24, 2.45) is 5.16 Å². The van der Waals surface area contributed by atoms with Crippen LogP contribution in [0.1, 0.15) is 28.8 Å². The van der Waals surface area contributed by atoms with Crippen LogP contribution in [0.3, 0.4) is 0 Å². The average molecular weight is 257 g/mol. The minimum atomic E-state index is -0.00509. The van der Waals surface area contributed by atoms with Gasteiger partial charge in [0.1, 0.15) is 6.10 Å². The van der Waals surface area contributed by atoms with Gasteiger partial charge in [-0.05, 0) is 24.3 Å². The van der Waals surface area contributed by atoms with Gasteiger partial charge in [0, 0.05) is 38.2 Å². The Morgan fingerprint density at radius 1 is 1.37 bits per heavy atom. The molecule has 2 rings (SSSR count). The van der Waals surface area contributed by atoms with E-state index in [0.717, 1.165) is 12.8 Å². The summed E-state index contributed by atoms with van der Waals surface area (Å²) >= 11 is 0. The summed E-state index contributed by atoms with van der Waals surface area (Å²) in [5.74, 6) is -0.00509. The summed E-state index contributed by atoms with van der Waals surface area (Å²) in [5.41, 5.74) is 1.17. The molecule has 0 atom stereocenters. The Kier molecular flexibility index (Phi) is 4.14. The van der Waals surface area contributed by atoms with Crippen LogP contribution in [-0.2, 0) is 4.84 Å². The highest BCUT2D eigenvalue weighted by Crippen LogP contribution is 2.16. The zero-order chi connectivity index (χ0) is 13.7. The smallest absolute Gasteiger partial charge is 0.253 e. The number of oxime groups is 1. The van der Waals surface area contributed by atoms with Gasteiger partial charge in [-0.2, -0.15) is 5.26 Å². The molecule has 5 nitrogen and oxygen atoms in total. The molecular formula is C14H15N3O2. The summed E-state index contributed by atoms with van der Waals surface area (Å²) in [7, 11) is 0. The van der Waals surface area contributed by atoms with E-state index in [1.807, 2.05) is 6.07 Å². The lowest BCUT2D eigenvalue weighted by molar-refractivity contribution is 0.0128. The minimum absolute atomic E-state index is 0.00509. The molecule has 0 spiro atoms. The Morgan fingerprint density at radius 2 is 2.00 bits per heavy atom. The van der Waals surface area contributed by atoms with Gasteiger partial charge in [-0.15, -0.1) is 5.16 Å². The molecule has 0 saturated carbocycles. The summed E-state index contributed by atoms with van der Waals surface area (Å²) < 4.78 is 0. The van der Waals surface area contributed by atoms with Gasteiger partial charge in [0.25, 0.3) is 5.91 Å². The Morgan fingerprint density at radius 3 is 2.53 bits per heavy atom. The molecule has 1 amide bonds. The first-order valence-corrected chi connectivity index (χ1v) is 6.16. The van der Waals surface area contributed by atoms with Crippen LogP contribution in [0.4, 0.5) is 0 Å². The Hall–Kier alpha value is -2.35. The molecule has 98 valence electrons. The summed E-state index contributed by atoms with van der Waals surface area (Å²) in [5, 5.41) is 12.1. The standard InChI is InChI=1S/C14H15N3O2/c1-16-19-13-6-8-17(9-7-13)14(18)12-4-2-11(10-15)3-5-12/h2-5,13H,1,6-9H2. The minimum Gasteiger partial charge on any atom is -0.393 e. The third kappa shape index (κ3) is 3.10. The van der Waals surface area contributed by atoms with E-state index < -0.39 is 0 Å². The summed E-state index contributed by atoms with van der Waals surface area (Å²) in [6.45, 7) is 4.60. The molecule has 1 fully saturated rings. The van der Waals surface area contributed by atoms with E-state index in [9.17, 15) is 4.79 Å². The van der Waals surface area contributed by atoms with Crippen molar-refractivity contribution in [1.29, 1.82) is 5.26 Å². The number of carbonyl (C=O) groups excluding carboxylic acids is 1. The number of nitrogens with zero attached hydrogens (tertiary/aromatic N) is 3. The lowest BCUT2D eigenvalue weighted by Crippen LogP contribution is -2.40. The number of nitriles is 1. The van der Waals surface area contributed by atoms with Crippen molar-refractivity contribution in [2.75, 3.05) is 13.1 Å². The fourth-order valence-corrected chi connectivity index (χ4v) is 2.14. The lowest BCUT2D eigenvalue weighted by Gasteiger charge is -2.30. The summed E-state index contributed by atoms with van der Waals surface area (Å²) in [6, 6.07) is 8.73. The Bertz CT molecular complexity index is 496. The Balaban J connectivity index is 1.97. The van der Waals surface area contributed by atoms with E-state index >= 15 is 0 Å². The molecule has 1 aliphatic heterocycles. The molecule has 1 heterocycles. The van der Waals surface area contributed by atoms with E-state index in [-0.39, 0.29) is 12.0 Å². The topological polar surface area (TPSA) is 65.7 Å². The fourth-order valence-electron chi connectivity index (χ4n) is 2.14. The maximum atomic E-state index is 12.2. The highest BCUT2D eigenvalue weighted by Gasteiger charge is 2.24. The molecule has 1 aromatic rings. The molecule has 0 aromatic heterocycles. The first-order valence-electron chi connectivity index (χ1n) is 6.16. The summed E-state index contributed by atoms with van der Waals surface area (Å²) in [4.78, 5) is 19.1. The van der Waals surface area contributed by atoms with Crippen molar-refractivity contribution in [3.63, 3.8) is 0 Å². The van der Waals surface area contributed by atoms with E-state index in [0.29, 0.717) is 24.2 Å². The van der Waals surface area contributed by atoms with Crippen LogP contribution in [-0.4, -0.2) is 36.7 Å². The van der Waals surface area contributed by atoms with Gasteiger partial charge in [0.2, 0.25) is 0 Å². The maximum Gasteiger partial charge on any atom is 0.253 e. The van der Waals surface area contributed by atoms with Gasteiger partial charge in [-0.3, -0.25) is 4.79 Å². The second-order valence-corrected chi connectivity index (χ2v) is 4.42. The molecule has 5 heteroatoms. The van der Waals surface area contributed by atoms with E-state index in [1.54, 1.807) is 29.2 Å². The monoisotopic (exact) mass is 257 g/mol. The normalized spacial score (nSPS) is 15.6. The van der Waals surface area contributed by atoms with Crippen molar-refractivity contribution < 1.29 is 9.63 Å². The van der Waals surface area contributed by atoms with Gasteiger partial charge in [0.05, 0.1) is 11.6 Å². The highest BCUT2D eigenvalue weighted by atomic mass is 16.6. The van der Waals surface area contributed by atoms with Gasteiger partial charge in [0.15, 0.2) is 0 Å². The zero-order valence-corrected chi connectivity index (χ0v) is 10.6. The first-order chi connectivity index (χ1) is 9.24. The number of rotatable bonds is 3. The molecule has 0 radical (unpaired) electrons. The van der Waals surface area contributed by atoms with Crippen LogP contribution < -0.4 is 0 Å². The van der Waals surface area contributed by atoms with Crippen LogP contribution in [0.5, 0.6) is 0 Å². The number of carbonyl (C=O) groups is 1. The molecular weight excluding hydrogens is 242 g/mol. The third-order valence-electron chi connectivity index (χ3n) is 3.21. The second kappa shape index (κ2) is 6.01. The number of benzene rings is 1. The molecule has 0 N–H and O–H groups in total. The quantitative estimate of drug-likeness (QED) is 0.612. The predicted octanol–water partition coefficient (Wildman–Crippen LogP) is 1.80. The second-order valence-electron chi connectivity index (χ2n) is 4.42. The van der Waals surface area contributed by atoms with E-state index in [4.69, 9.17) is 10.1 Å². The van der Waals surface area contributed by atoms with Gasteiger partial charge in [-0.25, -0.2) is 0 Å². The summed E-state index contributed by atoms with van der Waals surface area (Å²) in [6.07, 6.45) is 1.59. The SMILES string of the molecule is C=NOC1CCN(C(=O)c2ccc(C#N)cc2)CC1. The Labute approximate surface area is 112 Å². The number of amides is 1. The number of hydrogen-bond acceptors (Lipinski definition) is 4. The molecule has 1 aliphatic rings. The maximum absolute atomic E-state index is 12.2. The molecule has 19 heavy (non-hydrogen) atoms. The zero-order valence-electron chi connectivity index (χ0n) is 10.6. The first kappa shape index (κ1) is 13.1. The lowest BCUT2D eigenvalue weighted by atomic mass is 10.1. The van der Waals surface area contributed by atoms with E-state index in [1.165, 1.54) is 0 Å². The average Bonchev–Trinajstić information content (AvgIpc) is 2.48. The largest absolute Gasteiger partial charge is 0.393 e. The van der Waals surface area contributed by atoms with Gasteiger partial charge >= 0.3 is 0 Å². The van der Waals surface area contributed by atoms with E-state index in [2.05, 4.69) is 11.9 Å². The number of hydrogen-bond donors (Lipinski definition) is 0. The number of likely N-dealkylation sites (tertiary alicyclic amines) is 1. The van der Waals surface area contributed by atoms with Gasteiger partial charge < -0.3 is 9.74 Å². The van der Waals surface area contributed by atoms with Crippen molar-refractivity contribution in [3.05, 3.63) is 35.4 Å². The van der Waals surface area contributed by atoms with Crippen molar-refractivity contribution in [2.45, 2.75) is 18.9 Å². The highest BCUT2D eigenvalue weighted by molar-refractivity contribution is 5.94. The number of piperidine rings is 1. The van der Waals surface area contributed by atoms with Crippen LogP contribution in [0.2, 0.25) is 0 Å². The predicted molar refractivity (Wildman–Crippen MR) is 70.7 cm³/mol. The van der Waals surface area contributed by atoms with Crippen molar-refractivity contribution in [3.8, 4) is 6.07 Å². The molecule has 1 aromatic carbocycles. The molecule has 1 saturated heterocycles.